The minimum Gasteiger partial charge on any atom is -0.359 e. The summed E-state index contributed by atoms with van der Waals surface area (Å²) in [4.78, 5) is 11.6. The van der Waals surface area contributed by atoms with Crippen LogP contribution in [0.15, 0.2) is 10.6 Å². The first-order valence-electron chi connectivity index (χ1n) is 6.13. The van der Waals surface area contributed by atoms with Gasteiger partial charge in [-0.2, -0.15) is 0 Å². The van der Waals surface area contributed by atoms with Crippen LogP contribution in [0.4, 0.5) is 0 Å². The number of nitrogens with zero attached hydrogens (tertiary/aromatic N) is 1. The molecule has 1 saturated heterocycles. The van der Waals surface area contributed by atoms with Gasteiger partial charge in [0.25, 0.3) is 0 Å². The van der Waals surface area contributed by atoms with Crippen LogP contribution in [-0.2, 0) is 11.3 Å². The number of hydrogen-bond acceptors (Lipinski definition) is 4. The van der Waals surface area contributed by atoms with Crippen molar-refractivity contribution in [3.8, 4) is 0 Å². The molecule has 1 aliphatic heterocycles. The number of carbonyl (C=O) groups excluding carboxylic acids is 1. The Bertz CT molecular complexity index is 375. The second kappa shape index (κ2) is 7.38. The Labute approximate surface area is 113 Å². The van der Waals surface area contributed by atoms with Crippen LogP contribution in [0.2, 0.25) is 0 Å². The summed E-state index contributed by atoms with van der Waals surface area (Å²) in [5, 5.41) is 9.91. The maximum Gasteiger partial charge on any atom is 0.220 e. The highest BCUT2D eigenvalue weighted by Gasteiger charge is 2.15. The average molecular weight is 274 g/mol. The molecule has 2 heterocycles. The lowest BCUT2D eigenvalue weighted by atomic mass is 10.0. The summed E-state index contributed by atoms with van der Waals surface area (Å²) < 4.78 is 5.02. The van der Waals surface area contributed by atoms with Gasteiger partial charge in [-0.05, 0) is 38.8 Å². The third-order valence-corrected chi connectivity index (χ3v) is 3.08. The number of hydrogen-bond donors (Lipinski definition) is 2. The first-order chi connectivity index (χ1) is 8.24. The quantitative estimate of drug-likeness (QED) is 0.851. The maximum absolute atomic E-state index is 11.6. The van der Waals surface area contributed by atoms with Gasteiger partial charge in [0.15, 0.2) is 5.76 Å². The van der Waals surface area contributed by atoms with E-state index in [1.807, 2.05) is 13.0 Å². The van der Waals surface area contributed by atoms with Crippen molar-refractivity contribution in [2.75, 3.05) is 13.1 Å². The van der Waals surface area contributed by atoms with Gasteiger partial charge in [0.1, 0.15) is 0 Å². The summed E-state index contributed by atoms with van der Waals surface area (Å²) in [5.74, 6) is 1.46. The Morgan fingerprint density at radius 2 is 2.50 bits per heavy atom. The van der Waals surface area contributed by atoms with Gasteiger partial charge in [0, 0.05) is 12.5 Å². The van der Waals surface area contributed by atoms with E-state index in [1.54, 1.807) is 0 Å². The Kier molecular flexibility index (Phi) is 6.15. The fourth-order valence-electron chi connectivity index (χ4n) is 2.07. The molecule has 0 saturated carbocycles. The minimum atomic E-state index is 0. The van der Waals surface area contributed by atoms with Crippen molar-refractivity contribution in [1.29, 1.82) is 0 Å². The molecule has 1 unspecified atom stereocenters. The standard InChI is InChI=1S/C12H19N3O2.ClH/c1-9-6-11(17-15-9)8-14-12(16)3-2-10-4-5-13-7-10;/h6,10,13H,2-5,7-8H2,1H3,(H,14,16);1H. The van der Waals surface area contributed by atoms with Crippen LogP contribution in [0.25, 0.3) is 0 Å². The molecule has 0 aromatic carbocycles. The summed E-state index contributed by atoms with van der Waals surface area (Å²) >= 11 is 0. The Morgan fingerprint density at radius 1 is 1.67 bits per heavy atom. The molecule has 1 amide bonds. The van der Waals surface area contributed by atoms with E-state index in [4.69, 9.17) is 4.52 Å². The molecular formula is C12H20ClN3O2. The Hall–Kier alpha value is -1.07. The van der Waals surface area contributed by atoms with E-state index in [1.165, 1.54) is 6.42 Å². The number of halogens is 1. The first-order valence-corrected chi connectivity index (χ1v) is 6.13. The molecule has 0 bridgehead atoms. The summed E-state index contributed by atoms with van der Waals surface area (Å²) in [6.07, 6.45) is 2.75. The second-order valence-corrected chi connectivity index (χ2v) is 4.61. The van der Waals surface area contributed by atoms with Crippen LogP contribution in [0.3, 0.4) is 0 Å². The molecule has 5 nitrogen and oxygen atoms in total. The number of aromatic nitrogens is 1. The van der Waals surface area contributed by atoms with Crippen molar-refractivity contribution in [1.82, 2.24) is 15.8 Å². The van der Waals surface area contributed by atoms with Gasteiger partial charge < -0.3 is 15.2 Å². The van der Waals surface area contributed by atoms with Gasteiger partial charge in [0.2, 0.25) is 5.91 Å². The molecule has 0 spiro atoms. The molecule has 1 aromatic rings. The molecule has 6 heteroatoms. The molecule has 1 fully saturated rings. The molecule has 1 aliphatic rings. The third-order valence-electron chi connectivity index (χ3n) is 3.08. The van der Waals surface area contributed by atoms with Gasteiger partial charge in [-0.1, -0.05) is 5.16 Å². The molecule has 0 aliphatic carbocycles. The summed E-state index contributed by atoms with van der Waals surface area (Å²) in [7, 11) is 0. The number of aryl methyl sites for hydroxylation is 1. The van der Waals surface area contributed by atoms with E-state index in [-0.39, 0.29) is 18.3 Å². The second-order valence-electron chi connectivity index (χ2n) is 4.61. The minimum absolute atomic E-state index is 0. The number of rotatable bonds is 5. The summed E-state index contributed by atoms with van der Waals surface area (Å²) in [6, 6.07) is 1.83. The molecule has 102 valence electrons. The molecule has 2 rings (SSSR count). The van der Waals surface area contributed by atoms with E-state index < -0.39 is 0 Å². The van der Waals surface area contributed by atoms with Gasteiger partial charge >= 0.3 is 0 Å². The van der Waals surface area contributed by atoms with E-state index >= 15 is 0 Å². The van der Waals surface area contributed by atoms with Crippen molar-refractivity contribution >= 4 is 18.3 Å². The SMILES string of the molecule is Cc1cc(CNC(=O)CCC2CCNC2)on1.Cl. The lowest BCUT2D eigenvalue weighted by Crippen LogP contribution is -2.23. The highest BCUT2D eigenvalue weighted by Crippen LogP contribution is 2.14. The molecule has 1 aromatic heterocycles. The van der Waals surface area contributed by atoms with Crippen LogP contribution in [0.5, 0.6) is 0 Å². The predicted molar refractivity (Wildman–Crippen MR) is 70.5 cm³/mol. The number of nitrogens with one attached hydrogen (secondary N) is 2. The third kappa shape index (κ3) is 4.66. The fraction of sp³-hybridized carbons (Fsp3) is 0.667. The Morgan fingerprint density at radius 3 is 3.11 bits per heavy atom. The molecule has 1 atom stereocenters. The van der Waals surface area contributed by atoms with Gasteiger partial charge in [0.05, 0.1) is 12.2 Å². The molecule has 0 radical (unpaired) electrons. The number of carbonyl (C=O) groups is 1. The van der Waals surface area contributed by atoms with E-state index in [0.29, 0.717) is 24.6 Å². The van der Waals surface area contributed by atoms with Gasteiger partial charge in [-0.3, -0.25) is 4.79 Å². The zero-order chi connectivity index (χ0) is 12.1. The largest absolute Gasteiger partial charge is 0.359 e. The van der Waals surface area contributed by atoms with Crippen molar-refractivity contribution in [3.63, 3.8) is 0 Å². The highest BCUT2D eigenvalue weighted by molar-refractivity contribution is 5.85. The molecule has 18 heavy (non-hydrogen) atoms. The lowest BCUT2D eigenvalue weighted by molar-refractivity contribution is -0.121. The zero-order valence-corrected chi connectivity index (χ0v) is 11.4. The smallest absolute Gasteiger partial charge is 0.220 e. The van der Waals surface area contributed by atoms with Crippen molar-refractivity contribution in [2.24, 2.45) is 5.92 Å². The Balaban J connectivity index is 0.00000162. The van der Waals surface area contributed by atoms with Gasteiger partial charge in [-0.15, -0.1) is 12.4 Å². The summed E-state index contributed by atoms with van der Waals surface area (Å²) in [6.45, 7) is 4.43. The molecular weight excluding hydrogens is 254 g/mol. The monoisotopic (exact) mass is 273 g/mol. The normalized spacial score (nSPS) is 18.4. The average Bonchev–Trinajstić information content (AvgIpc) is 2.95. The van der Waals surface area contributed by atoms with Crippen LogP contribution >= 0.6 is 12.4 Å². The predicted octanol–water partition coefficient (Wildman–Crippen LogP) is 1.41. The van der Waals surface area contributed by atoms with Crippen molar-refractivity contribution < 1.29 is 9.32 Å². The maximum atomic E-state index is 11.6. The van der Waals surface area contributed by atoms with Crippen LogP contribution in [0.1, 0.15) is 30.7 Å². The van der Waals surface area contributed by atoms with E-state index in [0.717, 1.165) is 25.2 Å². The fourth-order valence-corrected chi connectivity index (χ4v) is 2.07. The van der Waals surface area contributed by atoms with Crippen molar-refractivity contribution in [3.05, 3.63) is 17.5 Å². The zero-order valence-electron chi connectivity index (χ0n) is 10.6. The first kappa shape index (κ1) is 15.0. The van der Waals surface area contributed by atoms with E-state index in [2.05, 4.69) is 15.8 Å². The van der Waals surface area contributed by atoms with Crippen LogP contribution in [-0.4, -0.2) is 24.2 Å². The summed E-state index contributed by atoms with van der Waals surface area (Å²) in [5.41, 5.74) is 0.839. The number of amides is 1. The molecule has 2 N–H and O–H groups in total. The van der Waals surface area contributed by atoms with Gasteiger partial charge in [-0.25, -0.2) is 0 Å². The van der Waals surface area contributed by atoms with E-state index in [9.17, 15) is 4.79 Å². The lowest BCUT2D eigenvalue weighted by Gasteiger charge is -2.07. The highest BCUT2D eigenvalue weighted by atomic mass is 35.5. The van der Waals surface area contributed by atoms with Crippen LogP contribution in [0, 0.1) is 12.8 Å². The van der Waals surface area contributed by atoms with Crippen molar-refractivity contribution in [2.45, 2.75) is 32.7 Å². The topological polar surface area (TPSA) is 67.2 Å². The van der Waals surface area contributed by atoms with Crippen LogP contribution < -0.4 is 10.6 Å².